The number of aryl methyl sites for hydroxylation is 1. The van der Waals surface area contributed by atoms with Crippen molar-refractivity contribution in [3.05, 3.63) is 29.3 Å². The maximum atomic E-state index is 12.7. The maximum Gasteiger partial charge on any atom is 0.254 e. The Kier molecular flexibility index (Phi) is 5.14. The van der Waals surface area contributed by atoms with Crippen LogP contribution in [0.3, 0.4) is 0 Å². The van der Waals surface area contributed by atoms with Gasteiger partial charge in [-0.15, -0.1) is 12.6 Å². The molecule has 0 saturated carbocycles. The third kappa shape index (κ3) is 3.57. The Morgan fingerprint density at radius 2 is 2.05 bits per heavy atom. The molecular weight excluding hydrogens is 266 g/mol. The zero-order chi connectivity index (χ0) is 14.7. The van der Waals surface area contributed by atoms with Crippen LogP contribution in [0.4, 0.5) is 0 Å². The smallest absolute Gasteiger partial charge is 0.254 e. The zero-order valence-corrected chi connectivity index (χ0v) is 13.6. The number of likely N-dealkylation sites (tertiary alicyclic amines) is 1. The van der Waals surface area contributed by atoms with Crippen LogP contribution in [0.15, 0.2) is 23.1 Å². The molecule has 110 valence electrons. The minimum absolute atomic E-state index is 0.169. The molecule has 0 spiro atoms. The van der Waals surface area contributed by atoms with Crippen molar-refractivity contribution in [2.45, 2.75) is 44.9 Å². The molecule has 1 saturated heterocycles. The Bertz CT molecular complexity index is 484. The van der Waals surface area contributed by atoms with Gasteiger partial charge in [0.05, 0.1) is 0 Å². The van der Waals surface area contributed by atoms with Gasteiger partial charge in [0, 0.05) is 23.5 Å². The Morgan fingerprint density at radius 1 is 1.30 bits per heavy atom. The molecule has 0 bridgehead atoms. The van der Waals surface area contributed by atoms with Crippen LogP contribution in [0.2, 0.25) is 0 Å². The monoisotopic (exact) mass is 291 g/mol. The summed E-state index contributed by atoms with van der Waals surface area (Å²) in [5, 5.41) is 0. The Labute approximate surface area is 128 Å². The predicted molar refractivity (Wildman–Crippen MR) is 86.5 cm³/mol. The summed E-state index contributed by atoms with van der Waals surface area (Å²) < 4.78 is 0. The molecule has 1 atom stereocenters. The van der Waals surface area contributed by atoms with Crippen molar-refractivity contribution in [3.8, 4) is 0 Å². The summed E-state index contributed by atoms with van der Waals surface area (Å²) in [6, 6.07) is 5.81. The van der Waals surface area contributed by atoms with Crippen molar-refractivity contribution in [3.63, 3.8) is 0 Å². The fourth-order valence-electron chi connectivity index (χ4n) is 3.00. The van der Waals surface area contributed by atoms with E-state index in [1.807, 2.05) is 30.0 Å². The van der Waals surface area contributed by atoms with E-state index in [0.29, 0.717) is 5.92 Å². The van der Waals surface area contributed by atoms with Crippen LogP contribution < -0.4 is 0 Å². The SMILES string of the molecule is Cc1ccc(S)cc1C(=O)N1CCCC(C(C)C)CC1. The van der Waals surface area contributed by atoms with Crippen LogP contribution in [0.5, 0.6) is 0 Å². The van der Waals surface area contributed by atoms with E-state index in [1.54, 1.807) is 0 Å². The summed E-state index contributed by atoms with van der Waals surface area (Å²) >= 11 is 4.35. The lowest BCUT2D eigenvalue weighted by Gasteiger charge is -2.22. The lowest BCUT2D eigenvalue weighted by atomic mass is 9.89. The fraction of sp³-hybridized carbons (Fsp3) is 0.588. The van der Waals surface area contributed by atoms with Crippen LogP contribution in [0.1, 0.15) is 49.0 Å². The highest BCUT2D eigenvalue weighted by Crippen LogP contribution is 2.26. The summed E-state index contributed by atoms with van der Waals surface area (Å²) in [7, 11) is 0. The lowest BCUT2D eigenvalue weighted by molar-refractivity contribution is 0.0758. The van der Waals surface area contributed by atoms with Crippen molar-refractivity contribution < 1.29 is 4.79 Å². The minimum Gasteiger partial charge on any atom is -0.339 e. The van der Waals surface area contributed by atoms with Gasteiger partial charge in [0.15, 0.2) is 0 Å². The van der Waals surface area contributed by atoms with Crippen molar-refractivity contribution in [1.29, 1.82) is 0 Å². The van der Waals surface area contributed by atoms with Gasteiger partial charge in [0.2, 0.25) is 0 Å². The van der Waals surface area contributed by atoms with E-state index < -0.39 is 0 Å². The molecular formula is C17H25NOS. The second-order valence-electron chi connectivity index (χ2n) is 6.23. The summed E-state index contributed by atoms with van der Waals surface area (Å²) in [5.41, 5.74) is 1.85. The largest absolute Gasteiger partial charge is 0.339 e. The fourth-order valence-corrected chi connectivity index (χ4v) is 3.21. The Balaban J connectivity index is 2.11. The molecule has 1 heterocycles. The van der Waals surface area contributed by atoms with Gasteiger partial charge in [0.25, 0.3) is 5.91 Å². The highest BCUT2D eigenvalue weighted by atomic mass is 32.1. The van der Waals surface area contributed by atoms with E-state index in [1.165, 1.54) is 6.42 Å². The number of hydrogen-bond donors (Lipinski definition) is 1. The average molecular weight is 291 g/mol. The lowest BCUT2D eigenvalue weighted by Crippen LogP contribution is -2.32. The van der Waals surface area contributed by atoms with Gasteiger partial charge in [-0.25, -0.2) is 0 Å². The van der Waals surface area contributed by atoms with Gasteiger partial charge in [-0.3, -0.25) is 4.79 Å². The molecule has 0 aliphatic carbocycles. The average Bonchev–Trinajstić information content (AvgIpc) is 2.66. The van der Waals surface area contributed by atoms with Gasteiger partial charge in [-0.1, -0.05) is 19.9 Å². The number of hydrogen-bond acceptors (Lipinski definition) is 2. The van der Waals surface area contributed by atoms with Crippen molar-refractivity contribution in [2.24, 2.45) is 11.8 Å². The first-order valence-electron chi connectivity index (χ1n) is 7.58. The molecule has 1 aromatic carbocycles. The molecule has 1 aliphatic rings. The number of benzene rings is 1. The maximum absolute atomic E-state index is 12.7. The van der Waals surface area contributed by atoms with Gasteiger partial charge in [0.1, 0.15) is 0 Å². The second-order valence-corrected chi connectivity index (χ2v) is 6.74. The van der Waals surface area contributed by atoms with E-state index >= 15 is 0 Å². The highest BCUT2D eigenvalue weighted by Gasteiger charge is 2.23. The van der Waals surface area contributed by atoms with Crippen molar-refractivity contribution in [2.75, 3.05) is 13.1 Å². The van der Waals surface area contributed by atoms with Gasteiger partial charge in [-0.2, -0.15) is 0 Å². The van der Waals surface area contributed by atoms with Crippen molar-refractivity contribution >= 4 is 18.5 Å². The van der Waals surface area contributed by atoms with Gasteiger partial charge >= 0.3 is 0 Å². The van der Waals surface area contributed by atoms with E-state index in [-0.39, 0.29) is 5.91 Å². The standard InChI is InChI=1S/C17H25NOS/c1-12(2)14-5-4-9-18(10-8-14)17(19)16-11-15(20)7-6-13(16)3/h6-7,11-12,14,20H,4-5,8-10H2,1-3H3. The normalized spacial score (nSPS) is 20.1. The zero-order valence-electron chi connectivity index (χ0n) is 12.7. The molecule has 0 radical (unpaired) electrons. The molecule has 1 aromatic rings. The number of carbonyl (C=O) groups excluding carboxylic acids is 1. The number of nitrogens with zero attached hydrogens (tertiary/aromatic N) is 1. The molecule has 0 aromatic heterocycles. The summed E-state index contributed by atoms with van der Waals surface area (Å²) in [4.78, 5) is 15.6. The number of rotatable bonds is 2. The van der Waals surface area contributed by atoms with Crippen LogP contribution in [-0.4, -0.2) is 23.9 Å². The van der Waals surface area contributed by atoms with E-state index in [9.17, 15) is 4.79 Å². The first-order valence-corrected chi connectivity index (χ1v) is 8.02. The van der Waals surface area contributed by atoms with Gasteiger partial charge < -0.3 is 4.90 Å². The highest BCUT2D eigenvalue weighted by molar-refractivity contribution is 7.80. The van der Waals surface area contributed by atoms with Gasteiger partial charge in [-0.05, 0) is 55.7 Å². The molecule has 20 heavy (non-hydrogen) atoms. The van der Waals surface area contributed by atoms with Crippen molar-refractivity contribution in [1.82, 2.24) is 4.90 Å². The quantitative estimate of drug-likeness (QED) is 0.810. The molecule has 0 N–H and O–H groups in total. The molecule has 2 rings (SSSR count). The minimum atomic E-state index is 0.169. The number of thiol groups is 1. The number of amides is 1. The van der Waals surface area contributed by atoms with Crippen LogP contribution in [0, 0.1) is 18.8 Å². The van der Waals surface area contributed by atoms with Crippen LogP contribution >= 0.6 is 12.6 Å². The summed E-state index contributed by atoms with van der Waals surface area (Å²) in [6.45, 7) is 8.35. The van der Waals surface area contributed by atoms with Crippen LogP contribution in [-0.2, 0) is 0 Å². The topological polar surface area (TPSA) is 20.3 Å². The molecule has 1 fully saturated rings. The molecule has 1 amide bonds. The first-order chi connectivity index (χ1) is 9.49. The number of carbonyl (C=O) groups is 1. The molecule has 1 unspecified atom stereocenters. The molecule has 1 aliphatic heterocycles. The summed E-state index contributed by atoms with van der Waals surface area (Å²) in [5.74, 6) is 1.64. The third-order valence-electron chi connectivity index (χ3n) is 4.45. The van der Waals surface area contributed by atoms with Crippen LogP contribution in [0.25, 0.3) is 0 Å². The molecule has 3 heteroatoms. The van der Waals surface area contributed by atoms with E-state index in [0.717, 1.165) is 47.9 Å². The Morgan fingerprint density at radius 3 is 2.75 bits per heavy atom. The Hall–Kier alpha value is -0.960. The molecule has 2 nitrogen and oxygen atoms in total. The summed E-state index contributed by atoms with van der Waals surface area (Å²) in [6.07, 6.45) is 3.49. The first kappa shape index (κ1) is 15.4. The second kappa shape index (κ2) is 6.66. The third-order valence-corrected chi connectivity index (χ3v) is 4.73. The van der Waals surface area contributed by atoms with E-state index in [2.05, 4.69) is 26.5 Å². The van der Waals surface area contributed by atoms with E-state index in [4.69, 9.17) is 0 Å². The predicted octanol–water partition coefficient (Wildman–Crippen LogP) is 4.18.